The number of carboxylic acid groups (broad SMARTS) is 1. The van der Waals surface area contributed by atoms with Crippen LogP contribution in [0.5, 0.6) is 0 Å². The maximum absolute atomic E-state index is 12.0. The van der Waals surface area contributed by atoms with Crippen LogP contribution in [0, 0.1) is 5.41 Å². The van der Waals surface area contributed by atoms with E-state index in [0.29, 0.717) is 6.54 Å². The number of aromatic nitrogens is 1. The molecule has 0 aromatic carbocycles. The number of carboxylic acids is 1. The number of pyridine rings is 1. The van der Waals surface area contributed by atoms with Gasteiger partial charge in [-0.1, -0.05) is 19.9 Å². The van der Waals surface area contributed by atoms with Gasteiger partial charge in [0.15, 0.2) is 0 Å². The number of hydrogen-bond acceptors (Lipinski definition) is 3. The summed E-state index contributed by atoms with van der Waals surface area (Å²) in [6.07, 6.45) is 1.88. The third kappa shape index (κ3) is 5.50. The number of hydrogen-bond donors (Lipinski definition) is 1. The summed E-state index contributed by atoms with van der Waals surface area (Å²) < 4.78 is 0. The smallest absolute Gasteiger partial charge is 0.303 e. The molecular formula is C14H20N2O3. The van der Waals surface area contributed by atoms with E-state index in [1.54, 1.807) is 32.0 Å². The van der Waals surface area contributed by atoms with Crippen molar-refractivity contribution in [2.75, 3.05) is 7.05 Å². The van der Waals surface area contributed by atoms with Crippen LogP contribution in [-0.4, -0.2) is 33.9 Å². The Bertz CT molecular complexity index is 443. The van der Waals surface area contributed by atoms with Gasteiger partial charge in [0.1, 0.15) is 0 Å². The van der Waals surface area contributed by atoms with Crippen molar-refractivity contribution in [3.8, 4) is 0 Å². The lowest BCUT2D eigenvalue weighted by molar-refractivity contribution is -0.140. The zero-order valence-electron chi connectivity index (χ0n) is 11.6. The third-order valence-corrected chi connectivity index (χ3v) is 2.81. The van der Waals surface area contributed by atoms with E-state index < -0.39 is 11.4 Å². The van der Waals surface area contributed by atoms with Crippen molar-refractivity contribution in [3.05, 3.63) is 30.1 Å². The molecule has 0 atom stereocenters. The molecule has 0 aliphatic rings. The topological polar surface area (TPSA) is 70.5 Å². The zero-order valence-corrected chi connectivity index (χ0v) is 11.6. The highest BCUT2D eigenvalue weighted by atomic mass is 16.4. The summed E-state index contributed by atoms with van der Waals surface area (Å²) in [6, 6.07) is 5.54. The van der Waals surface area contributed by atoms with Crippen molar-refractivity contribution in [2.24, 2.45) is 5.41 Å². The third-order valence-electron chi connectivity index (χ3n) is 2.81. The van der Waals surface area contributed by atoms with E-state index in [4.69, 9.17) is 5.11 Å². The molecule has 1 aromatic heterocycles. The van der Waals surface area contributed by atoms with Gasteiger partial charge >= 0.3 is 5.97 Å². The second-order valence-corrected chi connectivity index (χ2v) is 5.48. The highest BCUT2D eigenvalue weighted by Crippen LogP contribution is 2.25. The molecule has 0 saturated heterocycles. The van der Waals surface area contributed by atoms with Crippen LogP contribution in [0.15, 0.2) is 24.4 Å². The Hall–Kier alpha value is -1.91. The van der Waals surface area contributed by atoms with E-state index in [9.17, 15) is 9.59 Å². The molecule has 19 heavy (non-hydrogen) atoms. The number of carbonyl (C=O) groups is 2. The predicted molar refractivity (Wildman–Crippen MR) is 71.4 cm³/mol. The molecule has 0 fully saturated rings. The predicted octanol–water partition coefficient (Wildman–Crippen LogP) is 1.93. The molecule has 1 N–H and O–H groups in total. The molecule has 104 valence electrons. The van der Waals surface area contributed by atoms with Crippen molar-refractivity contribution in [2.45, 2.75) is 33.2 Å². The molecular weight excluding hydrogens is 244 g/mol. The fourth-order valence-corrected chi connectivity index (χ4v) is 1.84. The van der Waals surface area contributed by atoms with Crippen molar-refractivity contribution in [1.82, 2.24) is 9.88 Å². The second-order valence-electron chi connectivity index (χ2n) is 5.48. The molecule has 1 heterocycles. The van der Waals surface area contributed by atoms with E-state index in [-0.39, 0.29) is 18.7 Å². The molecule has 0 unspecified atom stereocenters. The summed E-state index contributed by atoms with van der Waals surface area (Å²) in [7, 11) is 1.70. The van der Waals surface area contributed by atoms with Crippen molar-refractivity contribution in [1.29, 1.82) is 0 Å². The Labute approximate surface area is 113 Å². The van der Waals surface area contributed by atoms with Crippen LogP contribution in [0.1, 0.15) is 32.4 Å². The number of amides is 1. The molecule has 0 aliphatic carbocycles. The molecule has 5 nitrogen and oxygen atoms in total. The first-order valence-electron chi connectivity index (χ1n) is 6.16. The van der Waals surface area contributed by atoms with Gasteiger partial charge in [-0.2, -0.15) is 0 Å². The van der Waals surface area contributed by atoms with Crippen molar-refractivity contribution in [3.63, 3.8) is 0 Å². The molecule has 0 saturated carbocycles. The normalized spacial score (nSPS) is 11.1. The standard InChI is InChI=1S/C14H20N2O3/c1-14(2,9-13(18)19)8-12(17)16(3)10-11-6-4-5-7-15-11/h4-7H,8-10H2,1-3H3,(H,18,19). The first-order chi connectivity index (χ1) is 8.80. The fraction of sp³-hybridized carbons (Fsp3) is 0.500. The Balaban J connectivity index is 2.56. The summed E-state index contributed by atoms with van der Waals surface area (Å²) in [6.45, 7) is 4.00. The lowest BCUT2D eigenvalue weighted by Gasteiger charge is -2.25. The maximum atomic E-state index is 12.0. The minimum atomic E-state index is -0.884. The first kappa shape index (κ1) is 15.1. The second kappa shape index (κ2) is 6.31. The quantitative estimate of drug-likeness (QED) is 0.852. The molecule has 0 spiro atoms. The summed E-state index contributed by atoms with van der Waals surface area (Å²) >= 11 is 0. The van der Waals surface area contributed by atoms with E-state index in [1.165, 1.54) is 0 Å². The molecule has 0 aliphatic heterocycles. The van der Waals surface area contributed by atoms with Gasteiger partial charge in [-0.3, -0.25) is 14.6 Å². The maximum Gasteiger partial charge on any atom is 0.303 e. The van der Waals surface area contributed by atoms with Gasteiger partial charge in [0.2, 0.25) is 5.91 Å². The summed E-state index contributed by atoms with van der Waals surface area (Å²) in [4.78, 5) is 28.5. The average molecular weight is 264 g/mol. The Kier molecular flexibility index (Phi) is 5.03. The molecule has 1 rings (SSSR count). The van der Waals surface area contributed by atoms with Gasteiger partial charge < -0.3 is 10.0 Å². The Morgan fingerprint density at radius 3 is 2.53 bits per heavy atom. The van der Waals surface area contributed by atoms with Gasteiger partial charge in [0.05, 0.1) is 18.7 Å². The van der Waals surface area contributed by atoms with Crippen LogP contribution in [0.2, 0.25) is 0 Å². The van der Waals surface area contributed by atoms with Crippen molar-refractivity contribution >= 4 is 11.9 Å². The van der Waals surface area contributed by atoms with Crippen molar-refractivity contribution < 1.29 is 14.7 Å². The molecule has 0 bridgehead atoms. The highest BCUT2D eigenvalue weighted by Gasteiger charge is 2.26. The fourth-order valence-electron chi connectivity index (χ4n) is 1.84. The lowest BCUT2D eigenvalue weighted by Crippen LogP contribution is -2.31. The number of rotatable bonds is 6. The summed E-state index contributed by atoms with van der Waals surface area (Å²) in [5.41, 5.74) is 0.274. The van der Waals surface area contributed by atoms with E-state index in [0.717, 1.165) is 5.69 Å². The zero-order chi connectivity index (χ0) is 14.5. The van der Waals surface area contributed by atoms with Crippen LogP contribution in [-0.2, 0) is 16.1 Å². The van der Waals surface area contributed by atoms with Gasteiger partial charge in [-0.05, 0) is 17.5 Å². The number of carbonyl (C=O) groups excluding carboxylic acids is 1. The van der Waals surface area contributed by atoms with Gasteiger partial charge in [0.25, 0.3) is 0 Å². The van der Waals surface area contributed by atoms with Gasteiger partial charge in [0, 0.05) is 19.7 Å². The molecule has 1 amide bonds. The van der Waals surface area contributed by atoms with Gasteiger partial charge in [-0.25, -0.2) is 0 Å². The molecule has 5 heteroatoms. The average Bonchev–Trinajstić information content (AvgIpc) is 2.27. The van der Waals surface area contributed by atoms with Crippen LogP contribution in [0.3, 0.4) is 0 Å². The minimum Gasteiger partial charge on any atom is -0.481 e. The van der Waals surface area contributed by atoms with E-state index in [2.05, 4.69) is 4.98 Å². The summed E-state index contributed by atoms with van der Waals surface area (Å²) in [5.74, 6) is -0.956. The van der Waals surface area contributed by atoms with Crippen LogP contribution >= 0.6 is 0 Å². The number of nitrogens with zero attached hydrogens (tertiary/aromatic N) is 2. The first-order valence-corrected chi connectivity index (χ1v) is 6.16. The lowest BCUT2D eigenvalue weighted by atomic mass is 9.85. The minimum absolute atomic E-state index is 0.0177. The van der Waals surface area contributed by atoms with E-state index >= 15 is 0 Å². The molecule has 1 aromatic rings. The Morgan fingerprint density at radius 2 is 2.00 bits per heavy atom. The molecule has 0 radical (unpaired) electrons. The Morgan fingerprint density at radius 1 is 1.32 bits per heavy atom. The summed E-state index contributed by atoms with van der Waals surface area (Å²) in [5, 5.41) is 8.80. The van der Waals surface area contributed by atoms with Gasteiger partial charge in [-0.15, -0.1) is 0 Å². The largest absolute Gasteiger partial charge is 0.481 e. The SMILES string of the molecule is CN(Cc1ccccn1)C(=O)CC(C)(C)CC(=O)O. The van der Waals surface area contributed by atoms with Crippen LogP contribution < -0.4 is 0 Å². The van der Waals surface area contributed by atoms with Crippen LogP contribution in [0.25, 0.3) is 0 Å². The highest BCUT2D eigenvalue weighted by molar-refractivity contribution is 5.77. The number of aliphatic carboxylic acids is 1. The van der Waals surface area contributed by atoms with E-state index in [1.807, 2.05) is 18.2 Å². The van der Waals surface area contributed by atoms with Crippen LogP contribution in [0.4, 0.5) is 0 Å². The monoisotopic (exact) mass is 264 g/mol.